The normalized spacial score (nSPS) is 10.7. The van der Waals surface area contributed by atoms with E-state index in [0.29, 0.717) is 11.6 Å². The molecule has 0 fully saturated rings. The highest BCUT2D eigenvalue weighted by molar-refractivity contribution is 5.61. The third-order valence-electron chi connectivity index (χ3n) is 2.78. The van der Waals surface area contributed by atoms with Crippen LogP contribution in [0.15, 0.2) is 47.2 Å². The number of anilines is 1. The highest BCUT2D eigenvalue weighted by Crippen LogP contribution is 2.22. The third kappa shape index (κ3) is 1.75. The first kappa shape index (κ1) is 10.6. The lowest BCUT2D eigenvalue weighted by atomic mass is 10.1. The average Bonchev–Trinajstić information content (AvgIpc) is 2.98. The second-order valence-corrected chi connectivity index (χ2v) is 4.01. The summed E-state index contributed by atoms with van der Waals surface area (Å²) in [6, 6.07) is 9.65. The van der Waals surface area contributed by atoms with E-state index < -0.39 is 0 Å². The van der Waals surface area contributed by atoms with Crippen LogP contribution >= 0.6 is 0 Å². The number of rotatable bonds is 2. The number of imidazole rings is 1. The number of nitrogens with two attached hydrogens (primary N) is 1. The maximum absolute atomic E-state index is 5.53. The molecule has 1 aromatic carbocycles. The fraction of sp³-hybridized carbons (Fsp3) is 0.0769. The zero-order chi connectivity index (χ0) is 12.5. The topological polar surface area (TPSA) is 69.9 Å². The number of benzene rings is 1. The maximum Gasteiger partial charge on any atom is 0.169 e. The molecule has 0 aliphatic heterocycles. The highest BCUT2D eigenvalue weighted by atomic mass is 16.5. The molecule has 2 heterocycles. The zero-order valence-corrected chi connectivity index (χ0v) is 9.87. The molecular formula is C13H12N4O. The predicted octanol–water partition coefficient (Wildman–Crippen LogP) is 2.42. The van der Waals surface area contributed by atoms with Crippen molar-refractivity contribution < 1.29 is 4.52 Å². The predicted molar refractivity (Wildman–Crippen MR) is 68.2 cm³/mol. The van der Waals surface area contributed by atoms with Crippen LogP contribution in [0, 0.1) is 6.92 Å². The van der Waals surface area contributed by atoms with Gasteiger partial charge in [-0.15, -0.1) is 0 Å². The summed E-state index contributed by atoms with van der Waals surface area (Å²) in [5.41, 5.74) is 7.53. The largest absolute Gasteiger partial charge is 0.381 e. The molecule has 18 heavy (non-hydrogen) atoms. The fourth-order valence-corrected chi connectivity index (χ4v) is 1.86. The Morgan fingerprint density at radius 2 is 2.00 bits per heavy atom. The Bertz CT molecular complexity index is 666. The van der Waals surface area contributed by atoms with Gasteiger partial charge in [0.2, 0.25) is 0 Å². The smallest absolute Gasteiger partial charge is 0.169 e. The molecule has 0 aliphatic rings. The Hall–Kier alpha value is -2.56. The third-order valence-corrected chi connectivity index (χ3v) is 2.78. The molecule has 2 aromatic heterocycles. The molecule has 0 amide bonds. The van der Waals surface area contributed by atoms with Crippen molar-refractivity contribution in [3.8, 4) is 17.0 Å². The van der Waals surface area contributed by atoms with Crippen LogP contribution in [0.3, 0.4) is 0 Å². The first-order valence-electron chi connectivity index (χ1n) is 5.57. The minimum Gasteiger partial charge on any atom is -0.381 e. The van der Waals surface area contributed by atoms with Gasteiger partial charge in [-0.3, -0.25) is 0 Å². The van der Waals surface area contributed by atoms with E-state index >= 15 is 0 Å². The van der Waals surface area contributed by atoms with Crippen LogP contribution in [-0.4, -0.2) is 14.7 Å². The zero-order valence-electron chi connectivity index (χ0n) is 9.87. The van der Waals surface area contributed by atoms with Gasteiger partial charge in [-0.25, -0.2) is 4.98 Å². The van der Waals surface area contributed by atoms with Crippen molar-refractivity contribution in [3.05, 3.63) is 48.5 Å². The first-order valence-corrected chi connectivity index (χ1v) is 5.57. The number of aryl methyl sites for hydroxylation is 1. The summed E-state index contributed by atoms with van der Waals surface area (Å²) in [5, 5.41) is 3.67. The van der Waals surface area contributed by atoms with Crippen molar-refractivity contribution in [2.45, 2.75) is 6.92 Å². The van der Waals surface area contributed by atoms with Crippen LogP contribution in [0.25, 0.3) is 17.0 Å². The Labute approximate surface area is 104 Å². The Balaban J connectivity index is 1.97. The van der Waals surface area contributed by atoms with Gasteiger partial charge in [0.25, 0.3) is 0 Å². The molecule has 0 unspecified atom stereocenters. The van der Waals surface area contributed by atoms with Crippen molar-refractivity contribution in [2.24, 2.45) is 0 Å². The Kier molecular flexibility index (Phi) is 2.37. The van der Waals surface area contributed by atoms with E-state index in [1.54, 1.807) is 12.3 Å². The lowest BCUT2D eigenvalue weighted by Gasteiger charge is -2.05. The van der Waals surface area contributed by atoms with Crippen LogP contribution in [0.4, 0.5) is 5.82 Å². The van der Waals surface area contributed by atoms with Crippen LogP contribution in [0.1, 0.15) is 5.82 Å². The lowest BCUT2D eigenvalue weighted by molar-refractivity contribution is 0.436. The first-order chi connectivity index (χ1) is 8.74. The van der Waals surface area contributed by atoms with Gasteiger partial charge >= 0.3 is 0 Å². The molecule has 0 saturated carbocycles. The molecule has 0 bridgehead atoms. The summed E-state index contributed by atoms with van der Waals surface area (Å²) in [6.07, 6.45) is 3.71. The van der Waals surface area contributed by atoms with Gasteiger partial charge < -0.3 is 14.8 Å². The van der Waals surface area contributed by atoms with Gasteiger partial charge in [-0.1, -0.05) is 5.16 Å². The van der Waals surface area contributed by atoms with E-state index in [1.165, 1.54) is 0 Å². The molecule has 0 aliphatic carbocycles. The molecule has 3 aromatic rings. The molecule has 0 spiro atoms. The van der Waals surface area contributed by atoms with E-state index in [-0.39, 0.29) is 0 Å². The SMILES string of the molecule is Cc1nccn1-c1ccc(-c2cc(N)no2)cc1. The average molecular weight is 240 g/mol. The Morgan fingerprint density at radius 3 is 2.56 bits per heavy atom. The van der Waals surface area contributed by atoms with Gasteiger partial charge in [-0.05, 0) is 31.2 Å². The van der Waals surface area contributed by atoms with Gasteiger partial charge in [0.15, 0.2) is 11.6 Å². The molecule has 0 saturated heterocycles. The molecule has 5 nitrogen and oxygen atoms in total. The van der Waals surface area contributed by atoms with Crippen molar-refractivity contribution >= 4 is 5.82 Å². The summed E-state index contributed by atoms with van der Waals surface area (Å²) in [4.78, 5) is 4.19. The molecule has 0 atom stereocenters. The van der Waals surface area contributed by atoms with Crippen molar-refractivity contribution in [3.63, 3.8) is 0 Å². The van der Waals surface area contributed by atoms with E-state index in [9.17, 15) is 0 Å². The number of hydrogen-bond donors (Lipinski definition) is 1. The Morgan fingerprint density at radius 1 is 1.22 bits per heavy atom. The molecule has 2 N–H and O–H groups in total. The highest BCUT2D eigenvalue weighted by Gasteiger charge is 2.05. The van der Waals surface area contributed by atoms with Crippen LogP contribution in [-0.2, 0) is 0 Å². The summed E-state index contributed by atoms with van der Waals surface area (Å²) < 4.78 is 7.12. The van der Waals surface area contributed by atoms with Gasteiger partial charge in [0.1, 0.15) is 5.82 Å². The van der Waals surface area contributed by atoms with Crippen molar-refractivity contribution in [2.75, 3.05) is 5.73 Å². The summed E-state index contributed by atoms with van der Waals surface area (Å²) in [6.45, 7) is 1.96. The fourth-order valence-electron chi connectivity index (χ4n) is 1.86. The summed E-state index contributed by atoms with van der Waals surface area (Å²) in [5.74, 6) is 2.01. The lowest BCUT2D eigenvalue weighted by Crippen LogP contribution is -1.94. The van der Waals surface area contributed by atoms with Gasteiger partial charge in [0.05, 0.1) is 0 Å². The number of nitrogen functional groups attached to an aromatic ring is 1. The van der Waals surface area contributed by atoms with E-state index in [2.05, 4.69) is 10.1 Å². The van der Waals surface area contributed by atoms with Gasteiger partial charge in [-0.2, -0.15) is 0 Å². The minimum absolute atomic E-state index is 0.388. The summed E-state index contributed by atoms with van der Waals surface area (Å²) in [7, 11) is 0. The number of aromatic nitrogens is 3. The van der Waals surface area contributed by atoms with E-state index in [1.807, 2.05) is 42.0 Å². The summed E-state index contributed by atoms with van der Waals surface area (Å²) >= 11 is 0. The quantitative estimate of drug-likeness (QED) is 0.746. The van der Waals surface area contributed by atoms with Crippen molar-refractivity contribution in [1.82, 2.24) is 14.7 Å². The molecular weight excluding hydrogens is 228 g/mol. The number of hydrogen-bond acceptors (Lipinski definition) is 4. The monoisotopic (exact) mass is 240 g/mol. The molecule has 90 valence electrons. The van der Waals surface area contributed by atoms with Crippen LogP contribution < -0.4 is 5.73 Å². The second kappa shape index (κ2) is 4.03. The van der Waals surface area contributed by atoms with Crippen LogP contribution in [0.2, 0.25) is 0 Å². The standard InChI is InChI=1S/C13H12N4O/c1-9-15-6-7-17(9)11-4-2-10(3-5-11)12-8-13(14)16-18-12/h2-8H,1H3,(H2,14,16). The van der Waals surface area contributed by atoms with Gasteiger partial charge in [0, 0.05) is 29.7 Å². The van der Waals surface area contributed by atoms with Crippen molar-refractivity contribution in [1.29, 1.82) is 0 Å². The van der Waals surface area contributed by atoms with E-state index in [0.717, 1.165) is 17.1 Å². The second-order valence-electron chi connectivity index (χ2n) is 4.01. The number of nitrogens with zero attached hydrogens (tertiary/aromatic N) is 3. The minimum atomic E-state index is 0.388. The molecule has 0 radical (unpaired) electrons. The molecule has 5 heteroatoms. The maximum atomic E-state index is 5.53. The van der Waals surface area contributed by atoms with E-state index in [4.69, 9.17) is 10.3 Å². The van der Waals surface area contributed by atoms with Crippen LogP contribution in [0.5, 0.6) is 0 Å². The molecule has 3 rings (SSSR count).